The number of amides is 1. The van der Waals surface area contributed by atoms with Gasteiger partial charge in [-0.3, -0.25) is 25.3 Å². The largest absolute Gasteiger partial charge is 0.458 e. The normalized spacial score (nSPS) is 10.7. The van der Waals surface area contributed by atoms with Crippen LogP contribution in [0.4, 0.5) is 11.6 Å². The zero-order chi connectivity index (χ0) is 16.6. The second-order valence-electron chi connectivity index (χ2n) is 4.68. The summed E-state index contributed by atoms with van der Waals surface area (Å²) in [7, 11) is 0. The van der Waals surface area contributed by atoms with E-state index in [1.54, 1.807) is 26.0 Å². The third-order valence-corrected chi connectivity index (χ3v) is 4.04. The molecule has 0 saturated carbocycles. The fourth-order valence-corrected chi connectivity index (χ4v) is 2.80. The highest BCUT2D eigenvalue weighted by atomic mass is 32.1. The van der Waals surface area contributed by atoms with Gasteiger partial charge in [-0.15, -0.1) is 16.4 Å². The fraction of sp³-hybridized carbons (Fsp3) is 0.154. The number of nitro groups is 1. The Labute approximate surface area is 133 Å². The maximum Gasteiger partial charge on any atom is 0.283 e. The Morgan fingerprint density at radius 3 is 2.83 bits per heavy atom. The average molecular weight is 333 g/mol. The van der Waals surface area contributed by atoms with Crippen molar-refractivity contribution in [3.05, 3.63) is 43.8 Å². The minimum Gasteiger partial charge on any atom is -0.458 e. The highest BCUT2D eigenvalue weighted by Crippen LogP contribution is 2.28. The smallest absolute Gasteiger partial charge is 0.283 e. The first-order chi connectivity index (χ1) is 10.9. The molecule has 0 saturated heterocycles. The first-order valence-electron chi connectivity index (χ1n) is 6.49. The van der Waals surface area contributed by atoms with Crippen molar-refractivity contribution >= 4 is 28.9 Å². The first kappa shape index (κ1) is 14.9. The molecule has 23 heavy (non-hydrogen) atoms. The van der Waals surface area contributed by atoms with E-state index in [0.29, 0.717) is 16.5 Å². The maximum absolute atomic E-state index is 12.1. The Morgan fingerprint density at radius 1 is 1.43 bits per heavy atom. The van der Waals surface area contributed by atoms with E-state index in [-0.39, 0.29) is 16.5 Å². The van der Waals surface area contributed by atoms with Crippen LogP contribution in [0.25, 0.3) is 11.6 Å². The fourth-order valence-electron chi connectivity index (χ4n) is 1.92. The van der Waals surface area contributed by atoms with Crippen molar-refractivity contribution in [3.63, 3.8) is 0 Å². The van der Waals surface area contributed by atoms with Gasteiger partial charge in [-0.05, 0) is 26.0 Å². The molecule has 3 aromatic heterocycles. The minimum atomic E-state index is -0.521. The summed E-state index contributed by atoms with van der Waals surface area (Å²) in [6.45, 7) is 3.39. The minimum absolute atomic E-state index is 0.0627. The van der Waals surface area contributed by atoms with Crippen molar-refractivity contribution in [2.45, 2.75) is 13.8 Å². The molecule has 3 rings (SSSR count). The third-order valence-electron chi connectivity index (χ3n) is 3.00. The van der Waals surface area contributed by atoms with Gasteiger partial charge in [0.1, 0.15) is 5.76 Å². The predicted molar refractivity (Wildman–Crippen MR) is 82.5 cm³/mol. The molecule has 0 unspecified atom stereocenters. The van der Waals surface area contributed by atoms with Crippen LogP contribution < -0.4 is 5.32 Å². The Balaban J connectivity index is 1.77. The quantitative estimate of drug-likeness (QED) is 0.558. The van der Waals surface area contributed by atoms with Gasteiger partial charge in [0.25, 0.3) is 11.6 Å². The standard InChI is InChI=1S/C13H11N5O4S/c1-6-3-4-9(22-6)11-14-13(17-16-11)15-12(19)10-5-8(18(20)21)7(2)23-10/h3-5H,1-2H3,(H2,14,15,16,17,19). The maximum atomic E-state index is 12.1. The van der Waals surface area contributed by atoms with Crippen LogP contribution in [-0.4, -0.2) is 26.0 Å². The first-order valence-corrected chi connectivity index (χ1v) is 7.31. The topological polar surface area (TPSA) is 127 Å². The lowest BCUT2D eigenvalue weighted by Crippen LogP contribution is -2.11. The molecule has 0 aliphatic rings. The summed E-state index contributed by atoms with van der Waals surface area (Å²) in [4.78, 5) is 27.2. The molecule has 0 aliphatic carbocycles. The lowest BCUT2D eigenvalue weighted by molar-refractivity contribution is -0.385. The Morgan fingerprint density at radius 2 is 2.22 bits per heavy atom. The van der Waals surface area contributed by atoms with E-state index in [2.05, 4.69) is 20.5 Å². The number of aromatic amines is 1. The molecule has 10 heteroatoms. The number of H-pyrrole nitrogens is 1. The number of hydrogen-bond donors (Lipinski definition) is 2. The van der Waals surface area contributed by atoms with Crippen LogP contribution >= 0.6 is 11.3 Å². The van der Waals surface area contributed by atoms with Crippen LogP contribution in [0.2, 0.25) is 0 Å². The van der Waals surface area contributed by atoms with Crippen LogP contribution in [0.3, 0.4) is 0 Å². The second kappa shape index (κ2) is 5.65. The Hall–Kier alpha value is -3.01. The molecule has 0 fully saturated rings. The van der Waals surface area contributed by atoms with Gasteiger partial charge < -0.3 is 4.42 Å². The molecule has 3 heterocycles. The van der Waals surface area contributed by atoms with Gasteiger partial charge in [0.05, 0.1) is 14.7 Å². The summed E-state index contributed by atoms with van der Waals surface area (Å²) < 4.78 is 5.40. The zero-order valence-corrected chi connectivity index (χ0v) is 12.9. The number of rotatable bonds is 4. The number of anilines is 1. The number of aromatic nitrogens is 3. The molecule has 0 radical (unpaired) electrons. The number of furan rings is 1. The summed E-state index contributed by atoms with van der Waals surface area (Å²) in [5.41, 5.74) is -0.0816. The number of aryl methyl sites for hydroxylation is 2. The third kappa shape index (κ3) is 2.97. The Kier molecular flexibility index (Phi) is 3.66. The van der Waals surface area contributed by atoms with Gasteiger partial charge in [0.2, 0.25) is 5.95 Å². The molecule has 0 aromatic carbocycles. The summed E-state index contributed by atoms with van der Waals surface area (Å²) in [5, 5.41) is 19.8. The van der Waals surface area contributed by atoms with Gasteiger partial charge in [0.15, 0.2) is 11.6 Å². The number of carbonyl (C=O) groups is 1. The molecule has 3 aromatic rings. The average Bonchev–Trinajstić information content (AvgIpc) is 3.18. The molecule has 1 amide bonds. The number of hydrogen-bond acceptors (Lipinski definition) is 7. The highest BCUT2D eigenvalue weighted by molar-refractivity contribution is 7.14. The summed E-state index contributed by atoms with van der Waals surface area (Å²) in [6, 6.07) is 4.75. The van der Waals surface area contributed by atoms with Crippen LogP contribution in [0.1, 0.15) is 20.3 Å². The van der Waals surface area contributed by atoms with E-state index < -0.39 is 10.8 Å². The summed E-state index contributed by atoms with van der Waals surface area (Å²) in [6.07, 6.45) is 0. The van der Waals surface area contributed by atoms with E-state index in [4.69, 9.17) is 4.42 Å². The van der Waals surface area contributed by atoms with Crippen LogP contribution in [-0.2, 0) is 0 Å². The SMILES string of the molecule is Cc1ccc(-c2nc(NC(=O)c3cc([N+](=O)[O-])c(C)s3)n[nH]2)o1. The van der Waals surface area contributed by atoms with E-state index in [9.17, 15) is 14.9 Å². The van der Waals surface area contributed by atoms with Crippen molar-refractivity contribution in [2.24, 2.45) is 0 Å². The van der Waals surface area contributed by atoms with Gasteiger partial charge in [-0.25, -0.2) is 0 Å². The van der Waals surface area contributed by atoms with Crippen LogP contribution in [0.15, 0.2) is 22.6 Å². The zero-order valence-electron chi connectivity index (χ0n) is 12.1. The molecule has 0 bridgehead atoms. The molecular formula is C13H11N5O4S. The van der Waals surface area contributed by atoms with E-state index in [1.807, 2.05) is 0 Å². The lowest BCUT2D eigenvalue weighted by Gasteiger charge is -1.95. The van der Waals surface area contributed by atoms with Gasteiger partial charge in [-0.2, -0.15) is 4.98 Å². The van der Waals surface area contributed by atoms with Gasteiger partial charge in [0, 0.05) is 6.07 Å². The second-order valence-corrected chi connectivity index (χ2v) is 5.94. The highest BCUT2D eigenvalue weighted by Gasteiger charge is 2.20. The monoisotopic (exact) mass is 333 g/mol. The molecule has 118 valence electrons. The molecule has 2 N–H and O–H groups in total. The van der Waals surface area contributed by atoms with E-state index in [1.165, 1.54) is 6.07 Å². The van der Waals surface area contributed by atoms with Crippen LogP contribution in [0.5, 0.6) is 0 Å². The molecular weight excluding hydrogens is 322 g/mol. The lowest BCUT2D eigenvalue weighted by atomic mass is 10.3. The summed E-state index contributed by atoms with van der Waals surface area (Å²) >= 11 is 1.04. The number of thiophene rings is 1. The van der Waals surface area contributed by atoms with Gasteiger partial charge in [-0.1, -0.05) is 0 Å². The predicted octanol–water partition coefficient (Wildman–Crippen LogP) is 2.90. The van der Waals surface area contributed by atoms with Crippen molar-refractivity contribution in [3.8, 4) is 11.6 Å². The van der Waals surface area contributed by atoms with Gasteiger partial charge >= 0.3 is 0 Å². The molecule has 0 aliphatic heterocycles. The van der Waals surface area contributed by atoms with Crippen molar-refractivity contribution in [1.29, 1.82) is 0 Å². The van der Waals surface area contributed by atoms with Crippen molar-refractivity contribution in [2.75, 3.05) is 5.32 Å². The van der Waals surface area contributed by atoms with Crippen LogP contribution in [0, 0.1) is 24.0 Å². The van der Waals surface area contributed by atoms with Crippen molar-refractivity contribution in [1.82, 2.24) is 15.2 Å². The van der Waals surface area contributed by atoms with E-state index >= 15 is 0 Å². The number of nitrogens with zero attached hydrogens (tertiary/aromatic N) is 3. The molecule has 9 nitrogen and oxygen atoms in total. The molecule has 0 atom stereocenters. The Bertz CT molecular complexity index is 894. The number of nitrogens with one attached hydrogen (secondary N) is 2. The van der Waals surface area contributed by atoms with Crippen molar-refractivity contribution < 1.29 is 14.1 Å². The molecule has 0 spiro atoms. The summed E-state index contributed by atoms with van der Waals surface area (Å²) in [5.74, 6) is 1.16. The van der Waals surface area contributed by atoms with E-state index in [0.717, 1.165) is 17.1 Å². The number of carbonyl (C=O) groups excluding carboxylic acids is 1.